The van der Waals surface area contributed by atoms with Crippen molar-refractivity contribution in [3.63, 3.8) is 0 Å². The highest BCUT2D eigenvalue weighted by Gasteiger charge is 2.24. The number of hydrogen-bond acceptors (Lipinski definition) is 5. The minimum atomic E-state index is -0.130. The third kappa shape index (κ3) is 5.56. The van der Waals surface area contributed by atoms with Gasteiger partial charge < -0.3 is 19.3 Å². The number of likely N-dealkylation sites (N-methyl/N-ethyl adjacent to an activating group) is 1. The zero-order chi connectivity index (χ0) is 19.9. The van der Waals surface area contributed by atoms with Crippen molar-refractivity contribution in [3.05, 3.63) is 52.2 Å². The molecular formula is C21H26N2O4S. The number of benzene rings is 1. The summed E-state index contributed by atoms with van der Waals surface area (Å²) in [6, 6.07) is 11.0. The number of hydrogen-bond donors (Lipinski definition) is 0. The molecule has 2 aromatic rings. The van der Waals surface area contributed by atoms with E-state index in [2.05, 4.69) is 0 Å². The summed E-state index contributed by atoms with van der Waals surface area (Å²) in [7, 11) is 3.36. The standard InChI is InChI=1S/C21H26N2O4S/c1-22(2)20(24)15-27-17-7-3-6-16(12-17)21(25)23(13-18-8-4-10-26-18)14-19-9-5-11-28-19/h3,5-7,9,11-12,18H,4,8,10,13-15H2,1-2H3. The van der Waals surface area contributed by atoms with Gasteiger partial charge in [-0.15, -0.1) is 11.3 Å². The molecule has 0 radical (unpaired) electrons. The lowest BCUT2D eigenvalue weighted by atomic mass is 10.1. The molecule has 6 nitrogen and oxygen atoms in total. The first kappa shape index (κ1) is 20.4. The van der Waals surface area contributed by atoms with E-state index in [4.69, 9.17) is 9.47 Å². The molecule has 0 aliphatic carbocycles. The van der Waals surface area contributed by atoms with Crippen LogP contribution in [0.5, 0.6) is 5.75 Å². The maximum Gasteiger partial charge on any atom is 0.259 e. The van der Waals surface area contributed by atoms with Gasteiger partial charge in [-0.3, -0.25) is 9.59 Å². The van der Waals surface area contributed by atoms with Crippen molar-refractivity contribution in [2.45, 2.75) is 25.5 Å². The van der Waals surface area contributed by atoms with E-state index in [-0.39, 0.29) is 24.5 Å². The van der Waals surface area contributed by atoms with E-state index >= 15 is 0 Å². The molecule has 3 rings (SSSR count). The molecule has 1 saturated heterocycles. The fourth-order valence-electron chi connectivity index (χ4n) is 3.02. The third-order valence-corrected chi connectivity index (χ3v) is 5.47. The lowest BCUT2D eigenvalue weighted by Gasteiger charge is -2.25. The second-order valence-electron chi connectivity index (χ2n) is 7.00. The van der Waals surface area contributed by atoms with Gasteiger partial charge in [0.05, 0.1) is 12.6 Å². The number of carbonyl (C=O) groups is 2. The van der Waals surface area contributed by atoms with Crippen molar-refractivity contribution in [2.24, 2.45) is 0 Å². The van der Waals surface area contributed by atoms with Gasteiger partial charge in [0.15, 0.2) is 6.61 Å². The molecule has 0 bridgehead atoms. The number of nitrogens with zero attached hydrogens (tertiary/aromatic N) is 2. The van der Waals surface area contributed by atoms with Crippen LogP contribution in [0.2, 0.25) is 0 Å². The van der Waals surface area contributed by atoms with Crippen LogP contribution in [0, 0.1) is 0 Å². The van der Waals surface area contributed by atoms with Gasteiger partial charge in [0.2, 0.25) is 0 Å². The first-order valence-corrected chi connectivity index (χ1v) is 10.3. The molecule has 1 atom stereocenters. The van der Waals surface area contributed by atoms with E-state index in [0.717, 1.165) is 24.3 Å². The normalized spacial score (nSPS) is 16.0. The van der Waals surface area contributed by atoms with Gasteiger partial charge in [-0.05, 0) is 42.5 Å². The molecule has 1 aliphatic heterocycles. The van der Waals surface area contributed by atoms with E-state index < -0.39 is 0 Å². The molecular weight excluding hydrogens is 376 g/mol. The van der Waals surface area contributed by atoms with Gasteiger partial charge in [0.25, 0.3) is 11.8 Å². The van der Waals surface area contributed by atoms with Crippen LogP contribution >= 0.6 is 11.3 Å². The van der Waals surface area contributed by atoms with Gasteiger partial charge in [0, 0.05) is 37.7 Å². The Labute approximate surface area is 169 Å². The lowest BCUT2D eigenvalue weighted by Crippen LogP contribution is -2.36. The highest BCUT2D eigenvalue weighted by atomic mass is 32.1. The second-order valence-corrected chi connectivity index (χ2v) is 8.04. The predicted molar refractivity (Wildman–Crippen MR) is 109 cm³/mol. The van der Waals surface area contributed by atoms with E-state index in [0.29, 0.717) is 24.4 Å². The van der Waals surface area contributed by atoms with Gasteiger partial charge >= 0.3 is 0 Å². The molecule has 0 saturated carbocycles. The molecule has 1 aromatic carbocycles. The summed E-state index contributed by atoms with van der Waals surface area (Å²) in [5.41, 5.74) is 0.546. The van der Waals surface area contributed by atoms with E-state index in [1.54, 1.807) is 49.7 Å². The molecule has 0 spiro atoms. The average Bonchev–Trinajstić information content (AvgIpc) is 3.39. The minimum absolute atomic E-state index is 0.0561. The number of rotatable bonds is 8. The van der Waals surface area contributed by atoms with Crippen LogP contribution < -0.4 is 4.74 Å². The Kier molecular flexibility index (Phi) is 7.06. The monoisotopic (exact) mass is 402 g/mol. The Hall–Kier alpha value is -2.38. The van der Waals surface area contributed by atoms with E-state index in [1.165, 1.54) is 4.90 Å². The maximum atomic E-state index is 13.2. The quantitative estimate of drug-likeness (QED) is 0.681. The number of ether oxygens (including phenoxy) is 2. The van der Waals surface area contributed by atoms with Crippen LogP contribution in [-0.2, 0) is 16.1 Å². The second kappa shape index (κ2) is 9.71. The molecule has 1 fully saturated rings. The minimum Gasteiger partial charge on any atom is -0.484 e. The molecule has 150 valence electrons. The average molecular weight is 403 g/mol. The molecule has 1 aliphatic rings. The Balaban J connectivity index is 1.71. The Morgan fingerprint density at radius 3 is 2.79 bits per heavy atom. The van der Waals surface area contributed by atoms with Crippen molar-refractivity contribution < 1.29 is 19.1 Å². The van der Waals surface area contributed by atoms with Crippen LogP contribution in [0.1, 0.15) is 28.1 Å². The molecule has 2 amide bonds. The highest BCUT2D eigenvalue weighted by molar-refractivity contribution is 7.09. The molecule has 1 aromatic heterocycles. The SMILES string of the molecule is CN(C)C(=O)COc1cccc(C(=O)N(Cc2cccs2)CC2CCCO2)c1. The third-order valence-electron chi connectivity index (χ3n) is 4.60. The largest absolute Gasteiger partial charge is 0.484 e. The first-order valence-electron chi connectivity index (χ1n) is 9.39. The first-order chi connectivity index (χ1) is 13.5. The van der Waals surface area contributed by atoms with Crippen LogP contribution in [0.3, 0.4) is 0 Å². The predicted octanol–water partition coefficient (Wildman–Crippen LogP) is 3.04. The summed E-state index contributed by atoms with van der Waals surface area (Å²) in [4.78, 5) is 29.4. The summed E-state index contributed by atoms with van der Waals surface area (Å²) in [6.07, 6.45) is 2.10. The van der Waals surface area contributed by atoms with Crippen molar-refractivity contribution in [3.8, 4) is 5.75 Å². The van der Waals surface area contributed by atoms with Gasteiger partial charge in [-0.25, -0.2) is 0 Å². The van der Waals surface area contributed by atoms with Crippen molar-refractivity contribution in [1.82, 2.24) is 9.80 Å². The summed E-state index contributed by atoms with van der Waals surface area (Å²) in [5.74, 6) is 0.317. The molecule has 28 heavy (non-hydrogen) atoms. The maximum absolute atomic E-state index is 13.2. The van der Waals surface area contributed by atoms with Crippen LogP contribution in [0.4, 0.5) is 0 Å². The van der Waals surface area contributed by atoms with Crippen molar-refractivity contribution >= 4 is 23.2 Å². The van der Waals surface area contributed by atoms with Crippen LogP contribution in [-0.4, -0.2) is 61.6 Å². The van der Waals surface area contributed by atoms with E-state index in [9.17, 15) is 9.59 Å². The molecule has 1 unspecified atom stereocenters. The van der Waals surface area contributed by atoms with Crippen LogP contribution in [0.25, 0.3) is 0 Å². The Morgan fingerprint density at radius 2 is 2.11 bits per heavy atom. The molecule has 2 heterocycles. The fraction of sp³-hybridized carbons (Fsp3) is 0.429. The Bertz CT molecular complexity index is 785. The van der Waals surface area contributed by atoms with Crippen molar-refractivity contribution in [2.75, 3.05) is 33.9 Å². The van der Waals surface area contributed by atoms with E-state index in [1.807, 2.05) is 22.4 Å². The van der Waals surface area contributed by atoms with Gasteiger partial charge in [-0.2, -0.15) is 0 Å². The zero-order valence-electron chi connectivity index (χ0n) is 16.3. The van der Waals surface area contributed by atoms with Gasteiger partial charge in [0.1, 0.15) is 5.75 Å². The fourth-order valence-corrected chi connectivity index (χ4v) is 3.74. The summed E-state index contributed by atoms with van der Waals surface area (Å²) < 4.78 is 11.3. The number of carbonyl (C=O) groups excluding carboxylic acids is 2. The van der Waals surface area contributed by atoms with Crippen molar-refractivity contribution in [1.29, 1.82) is 0 Å². The summed E-state index contributed by atoms with van der Waals surface area (Å²) >= 11 is 1.64. The highest BCUT2D eigenvalue weighted by Crippen LogP contribution is 2.21. The molecule has 7 heteroatoms. The smallest absolute Gasteiger partial charge is 0.259 e. The number of amides is 2. The number of thiophene rings is 1. The summed E-state index contributed by atoms with van der Waals surface area (Å²) in [5, 5.41) is 2.01. The zero-order valence-corrected chi connectivity index (χ0v) is 17.1. The topological polar surface area (TPSA) is 59.1 Å². The Morgan fingerprint density at radius 1 is 1.25 bits per heavy atom. The molecule has 0 N–H and O–H groups in total. The van der Waals surface area contributed by atoms with Gasteiger partial charge in [-0.1, -0.05) is 12.1 Å². The van der Waals surface area contributed by atoms with Crippen LogP contribution in [0.15, 0.2) is 41.8 Å². The lowest BCUT2D eigenvalue weighted by molar-refractivity contribution is -0.130. The summed E-state index contributed by atoms with van der Waals surface area (Å²) in [6.45, 7) is 1.83.